The molecule has 0 saturated carbocycles. The van der Waals surface area contributed by atoms with Crippen molar-refractivity contribution in [3.05, 3.63) is 29.8 Å². The molecule has 0 N–H and O–H groups in total. The van der Waals surface area contributed by atoms with Gasteiger partial charge in [0.05, 0.1) is 7.11 Å². The molecule has 1 aromatic carbocycles. The van der Waals surface area contributed by atoms with Crippen LogP contribution in [-0.2, 0) is 0 Å². The van der Waals surface area contributed by atoms with Gasteiger partial charge in [0.25, 0.3) is 0 Å². The fourth-order valence-electron chi connectivity index (χ4n) is 2.54. The van der Waals surface area contributed by atoms with E-state index in [4.69, 9.17) is 4.74 Å². The Kier molecular flexibility index (Phi) is 5.49. The summed E-state index contributed by atoms with van der Waals surface area (Å²) >= 11 is 0. The summed E-state index contributed by atoms with van der Waals surface area (Å²) in [6.07, 6.45) is 1.17. The Morgan fingerprint density at radius 1 is 1.29 bits per heavy atom. The molecule has 17 heavy (non-hydrogen) atoms. The largest absolute Gasteiger partial charge is 0.497 e. The highest BCUT2D eigenvalue weighted by Crippen LogP contribution is 2.30. The average molecular weight is 235 g/mol. The van der Waals surface area contributed by atoms with Gasteiger partial charge in [-0.25, -0.2) is 0 Å². The summed E-state index contributed by atoms with van der Waals surface area (Å²) in [5.74, 6) is 2.22. The first-order valence-corrected chi connectivity index (χ1v) is 6.37. The zero-order valence-corrected chi connectivity index (χ0v) is 11.7. The lowest BCUT2D eigenvalue weighted by molar-refractivity contribution is 0.301. The van der Waals surface area contributed by atoms with Crippen molar-refractivity contribution in [3.63, 3.8) is 0 Å². The van der Waals surface area contributed by atoms with Gasteiger partial charge < -0.3 is 9.64 Å². The van der Waals surface area contributed by atoms with Crippen molar-refractivity contribution in [1.29, 1.82) is 0 Å². The van der Waals surface area contributed by atoms with Crippen LogP contribution in [0.4, 0.5) is 0 Å². The van der Waals surface area contributed by atoms with Crippen molar-refractivity contribution < 1.29 is 4.74 Å². The van der Waals surface area contributed by atoms with E-state index < -0.39 is 0 Å². The van der Waals surface area contributed by atoms with Crippen molar-refractivity contribution in [2.24, 2.45) is 5.92 Å². The van der Waals surface area contributed by atoms with Crippen molar-refractivity contribution in [2.45, 2.75) is 26.2 Å². The van der Waals surface area contributed by atoms with Gasteiger partial charge >= 0.3 is 0 Å². The topological polar surface area (TPSA) is 12.5 Å². The molecule has 0 radical (unpaired) electrons. The highest BCUT2D eigenvalue weighted by Gasteiger charge is 2.18. The summed E-state index contributed by atoms with van der Waals surface area (Å²) < 4.78 is 5.30. The zero-order chi connectivity index (χ0) is 12.8. The maximum Gasteiger partial charge on any atom is 0.119 e. The van der Waals surface area contributed by atoms with Crippen LogP contribution >= 0.6 is 0 Å². The second-order valence-electron chi connectivity index (χ2n) is 5.03. The minimum atomic E-state index is 0.604. The van der Waals surface area contributed by atoms with E-state index in [2.05, 4.69) is 51.0 Å². The van der Waals surface area contributed by atoms with E-state index in [9.17, 15) is 0 Å². The molecule has 1 aromatic rings. The number of ether oxygens (including phenoxy) is 1. The van der Waals surface area contributed by atoms with Crippen molar-refractivity contribution in [3.8, 4) is 5.75 Å². The van der Waals surface area contributed by atoms with Gasteiger partial charge in [-0.3, -0.25) is 0 Å². The van der Waals surface area contributed by atoms with E-state index in [0.717, 1.165) is 12.3 Å². The van der Waals surface area contributed by atoms with E-state index in [1.807, 2.05) is 6.07 Å². The fraction of sp³-hybridized carbons (Fsp3) is 0.600. The third-order valence-corrected chi connectivity index (χ3v) is 3.30. The van der Waals surface area contributed by atoms with E-state index in [0.29, 0.717) is 11.8 Å². The molecule has 0 spiro atoms. The Bertz CT molecular complexity index is 335. The molecular formula is C15H25NO. The second-order valence-corrected chi connectivity index (χ2v) is 5.03. The fourth-order valence-corrected chi connectivity index (χ4v) is 2.54. The lowest BCUT2D eigenvalue weighted by atomic mass is 9.85. The lowest BCUT2D eigenvalue weighted by Crippen LogP contribution is -2.24. The van der Waals surface area contributed by atoms with Crippen LogP contribution in [0.2, 0.25) is 0 Å². The number of methoxy groups -OCH3 is 1. The van der Waals surface area contributed by atoms with Crippen LogP contribution in [0.1, 0.15) is 31.7 Å². The SMILES string of the molecule is CC[C@H](c1cccc(OC)c1)[C@@H](C)CN(C)C. The van der Waals surface area contributed by atoms with Crippen LogP contribution in [0.25, 0.3) is 0 Å². The molecule has 0 saturated heterocycles. The quantitative estimate of drug-likeness (QED) is 0.749. The van der Waals surface area contributed by atoms with Gasteiger partial charge in [-0.05, 0) is 50.0 Å². The van der Waals surface area contributed by atoms with Crippen LogP contribution in [-0.4, -0.2) is 32.6 Å². The molecule has 0 unspecified atom stereocenters. The molecule has 2 heteroatoms. The summed E-state index contributed by atoms with van der Waals surface area (Å²) in [5, 5.41) is 0. The average Bonchev–Trinajstić information content (AvgIpc) is 2.29. The molecule has 0 aliphatic carbocycles. The van der Waals surface area contributed by atoms with E-state index in [1.54, 1.807) is 7.11 Å². The van der Waals surface area contributed by atoms with Gasteiger partial charge in [0.1, 0.15) is 5.75 Å². The molecule has 0 heterocycles. The van der Waals surface area contributed by atoms with Gasteiger partial charge in [0.15, 0.2) is 0 Å². The van der Waals surface area contributed by atoms with Crippen LogP contribution in [0, 0.1) is 5.92 Å². The predicted molar refractivity (Wildman–Crippen MR) is 73.7 cm³/mol. The Morgan fingerprint density at radius 3 is 2.53 bits per heavy atom. The number of rotatable bonds is 6. The smallest absolute Gasteiger partial charge is 0.119 e. The van der Waals surface area contributed by atoms with E-state index in [1.165, 1.54) is 12.0 Å². The van der Waals surface area contributed by atoms with Crippen molar-refractivity contribution >= 4 is 0 Å². The van der Waals surface area contributed by atoms with Crippen LogP contribution < -0.4 is 4.74 Å². The van der Waals surface area contributed by atoms with Gasteiger partial charge in [0, 0.05) is 6.54 Å². The van der Waals surface area contributed by atoms with Gasteiger partial charge in [0.2, 0.25) is 0 Å². The third kappa shape index (κ3) is 4.04. The third-order valence-electron chi connectivity index (χ3n) is 3.30. The number of nitrogens with zero attached hydrogens (tertiary/aromatic N) is 1. The van der Waals surface area contributed by atoms with Gasteiger partial charge in [-0.1, -0.05) is 26.0 Å². The summed E-state index contributed by atoms with van der Waals surface area (Å²) in [5.41, 5.74) is 1.39. The molecule has 2 atom stereocenters. The number of benzene rings is 1. The Labute approximate surface area is 106 Å². The first kappa shape index (κ1) is 14.0. The normalized spacial score (nSPS) is 14.7. The molecule has 0 aliphatic heterocycles. The first-order chi connectivity index (χ1) is 8.08. The maximum absolute atomic E-state index is 5.30. The molecule has 96 valence electrons. The van der Waals surface area contributed by atoms with Crippen LogP contribution in [0.3, 0.4) is 0 Å². The molecule has 2 nitrogen and oxygen atoms in total. The second kappa shape index (κ2) is 6.65. The molecule has 0 aliphatic rings. The van der Waals surface area contributed by atoms with Gasteiger partial charge in [-0.2, -0.15) is 0 Å². The molecule has 0 fully saturated rings. The Morgan fingerprint density at radius 2 is 2.00 bits per heavy atom. The molecular weight excluding hydrogens is 210 g/mol. The molecule has 0 bridgehead atoms. The van der Waals surface area contributed by atoms with Crippen molar-refractivity contribution in [2.75, 3.05) is 27.7 Å². The summed E-state index contributed by atoms with van der Waals surface area (Å²) in [4.78, 5) is 2.26. The Hall–Kier alpha value is -1.02. The maximum atomic E-state index is 5.30. The molecule has 0 amide bonds. The Balaban J connectivity index is 2.84. The summed E-state index contributed by atoms with van der Waals surface area (Å²) in [6.45, 7) is 5.71. The van der Waals surface area contributed by atoms with Crippen LogP contribution in [0.5, 0.6) is 5.75 Å². The molecule has 0 aromatic heterocycles. The van der Waals surface area contributed by atoms with Gasteiger partial charge in [-0.15, -0.1) is 0 Å². The van der Waals surface area contributed by atoms with Crippen molar-refractivity contribution in [1.82, 2.24) is 4.90 Å². The minimum Gasteiger partial charge on any atom is -0.497 e. The number of hydrogen-bond acceptors (Lipinski definition) is 2. The highest BCUT2D eigenvalue weighted by atomic mass is 16.5. The van der Waals surface area contributed by atoms with E-state index >= 15 is 0 Å². The molecule has 1 rings (SSSR count). The van der Waals surface area contributed by atoms with E-state index in [-0.39, 0.29) is 0 Å². The zero-order valence-electron chi connectivity index (χ0n) is 11.7. The number of hydrogen-bond donors (Lipinski definition) is 0. The minimum absolute atomic E-state index is 0.604. The predicted octanol–water partition coefficient (Wildman–Crippen LogP) is 3.39. The standard InChI is InChI=1S/C15H25NO/c1-6-15(12(2)11-16(3)4)13-8-7-9-14(10-13)17-5/h7-10,12,15H,6,11H2,1-5H3/t12-,15-/m0/s1. The first-order valence-electron chi connectivity index (χ1n) is 6.37. The lowest BCUT2D eigenvalue weighted by Gasteiger charge is -2.26. The highest BCUT2D eigenvalue weighted by molar-refractivity contribution is 5.31. The summed E-state index contributed by atoms with van der Waals surface area (Å²) in [6, 6.07) is 8.47. The monoisotopic (exact) mass is 235 g/mol. The summed E-state index contributed by atoms with van der Waals surface area (Å²) in [7, 11) is 5.99. The van der Waals surface area contributed by atoms with Crippen LogP contribution in [0.15, 0.2) is 24.3 Å².